The maximum atomic E-state index is 13.8. The van der Waals surface area contributed by atoms with E-state index in [0.717, 1.165) is 10.6 Å². The molecule has 0 bridgehead atoms. The molecule has 88 valence electrons. The van der Waals surface area contributed by atoms with Crippen molar-refractivity contribution >= 4 is 29.4 Å². The van der Waals surface area contributed by atoms with E-state index in [2.05, 4.69) is 4.98 Å². The van der Waals surface area contributed by atoms with Gasteiger partial charge >= 0.3 is 0 Å². The quantitative estimate of drug-likeness (QED) is 0.622. The van der Waals surface area contributed by atoms with Crippen LogP contribution in [0.3, 0.4) is 0 Å². The van der Waals surface area contributed by atoms with Crippen molar-refractivity contribution in [1.29, 1.82) is 0 Å². The SMILES string of the molecule is CCSc1cccc(F)c1-c1nc(C=O)cs1. The Balaban J connectivity index is 2.52. The predicted octanol–water partition coefficient (Wildman–Crippen LogP) is 3.87. The third-order valence-corrected chi connectivity index (χ3v) is 3.95. The molecule has 0 radical (unpaired) electrons. The molecule has 0 atom stereocenters. The van der Waals surface area contributed by atoms with Crippen molar-refractivity contribution in [3.63, 3.8) is 0 Å². The molecule has 0 spiro atoms. The molecular formula is C12H10FNOS2. The van der Waals surface area contributed by atoms with Crippen molar-refractivity contribution in [2.75, 3.05) is 5.75 Å². The molecule has 17 heavy (non-hydrogen) atoms. The van der Waals surface area contributed by atoms with Gasteiger partial charge < -0.3 is 0 Å². The smallest absolute Gasteiger partial charge is 0.169 e. The van der Waals surface area contributed by atoms with Crippen LogP contribution in [0.25, 0.3) is 10.6 Å². The van der Waals surface area contributed by atoms with E-state index in [4.69, 9.17) is 0 Å². The molecule has 0 saturated heterocycles. The Labute approximate surface area is 107 Å². The summed E-state index contributed by atoms with van der Waals surface area (Å²) in [7, 11) is 0. The summed E-state index contributed by atoms with van der Waals surface area (Å²) < 4.78 is 13.8. The average Bonchev–Trinajstić information content (AvgIpc) is 2.78. The number of thiazole rings is 1. The molecule has 1 heterocycles. The second-order valence-electron chi connectivity index (χ2n) is 3.24. The Morgan fingerprint density at radius 2 is 2.35 bits per heavy atom. The van der Waals surface area contributed by atoms with Crippen LogP contribution >= 0.6 is 23.1 Å². The van der Waals surface area contributed by atoms with Crippen LogP contribution in [0.2, 0.25) is 0 Å². The van der Waals surface area contributed by atoms with Gasteiger partial charge in [-0.25, -0.2) is 9.37 Å². The lowest BCUT2D eigenvalue weighted by atomic mass is 10.2. The monoisotopic (exact) mass is 267 g/mol. The molecule has 0 aliphatic heterocycles. The summed E-state index contributed by atoms with van der Waals surface area (Å²) in [5, 5.41) is 2.19. The number of aromatic nitrogens is 1. The van der Waals surface area contributed by atoms with Gasteiger partial charge in [0.15, 0.2) is 6.29 Å². The first-order valence-corrected chi connectivity index (χ1v) is 6.95. The van der Waals surface area contributed by atoms with Crippen LogP contribution in [0, 0.1) is 5.82 Å². The van der Waals surface area contributed by atoms with Crippen LogP contribution in [-0.2, 0) is 0 Å². The Bertz CT molecular complexity index is 539. The Hall–Kier alpha value is -1.20. The lowest BCUT2D eigenvalue weighted by molar-refractivity contribution is 0.111. The third-order valence-electron chi connectivity index (χ3n) is 2.13. The standard InChI is InChI=1S/C12H10FNOS2/c1-2-16-10-5-3-4-9(13)11(10)12-14-8(6-15)7-17-12/h3-7H,2H2,1H3. The van der Waals surface area contributed by atoms with Crippen LogP contribution in [0.5, 0.6) is 0 Å². The minimum atomic E-state index is -0.296. The minimum absolute atomic E-state index is 0.296. The minimum Gasteiger partial charge on any atom is -0.296 e. The van der Waals surface area contributed by atoms with Gasteiger partial charge in [0.25, 0.3) is 0 Å². The highest BCUT2D eigenvalue weighted by Gasteiger charge is 2.14. The summed E-state index contributed by atoms with van der Waals surface area (Å²) >= 11 is 2.85. The summed E-state index contributed by atoms with van der Waals surface area (Å²) in [5.41, 5.74) is 0.846. The van der Waals surface area contributed by atoms with Crippen LogP contribution in [0.15, 0.2) is 28.5 Å². The van der Waals surface area contributed by atoms with E-state index in [1.54, 1.807) is 23.2 Å². The topological polar surface area (TPSA) is 30.0 Å². The second-order valence-corrected chi connectivity index (χ2v) is 5.41. The van der Waals surface area contributed by atoms with Gasteiger partial charge in [-0.1, -0.05) is 13.0 Å². The molecule has 0 N–H and O–H groups in total. The molecule has 0 amide bonds. The molecule has 2 nitrogen and oxygen atoms in total. The number of thioether (sulfide) groups is 1. The van der Waals surface area contributed by atoms with Crippen LogP contribution in [0.4, 0.5) is 4.39 Å². The zero-order valence-corrected chi connectivity index (χ0v) is 10.8. The molecule has 1 aromatic heterocycles. The van der Waals surface area contributed by atoms with Gasteiger partial charge in [0.1, 0.15) is 16.5 Å². The van der Waals surface area contributed by atoms with Gasteiger partial charge in [0, 0.05) is 10.3 Å². The molecule has 0 aliphatic carbocycles. The fraction of sp³-hybridized carbons (Fsp3) is 0.167. The second kappa shape index (κ2) is 5.42. The van der Waals surface area contributed by atoms with Gasteiger partial charge in [-0.05, 0) is 17.9 Å². The number of carbonyl (C=O) groups excluding carboxylic acids is 1. The summed E-state index contributed by atoms with van der Waals surface area (Å²) in [6, 6.07) is 4.97. The molecule has 5 heteroatoms. The summed E-state index contributed by atoms with van der Waals surface area (Å²) in [6.07, 6.45) is 0.674. The van der Waals surface area contributed by atoms with E-state index >= 15 is 0 Å². The first kappa shape index (κ1) is 12.3. The maximum absolute atomic E-state index is 13.8. The highest BCUT2D eigenvalue weighted by molar-refractivity contribution is 7.99. The highest BCUT2D eigenvalue weighted by Crippen LogP contribution is 2.35. The molecule has 0 saturated carbocycles. The average molecular weight is 267 g/mol. The number of nitrogens with zero attached hydrogens (tertiary/aromatic N) is 1. The molecule has 0 fully saturated rings. The normalized spacial score (nSPS) is 10.5. The van der Waals surface area contributed by atoms with E-state index in [1.807, 2.05) is 13.0 Å². The summed E-state index contributed by atoms with van der Waals surface area (Å²) in [6.45, 7) is 2.01. The van der Waals surface area contributed by atoms with Crippen molar-refractivity contribution in [3.8, 4) is 10.6 Å². The third kappa shape index (κ3) is 2.56. The Morgan fingerprint density at radius 3 is 3.00 bits per heavy atom. The molecule has 0 aliphatic rings. The van der Waals surface area contributed by atoms with Gasteiger partial charge in [-0.2, -0.15) is 0 Å². The number of halogens is 1. The Kier molecular flexibility index (Phi) is 3.91. The van der Waals surface area contributed by atoms with Crippen molar-refractivity contribution < 1.29 is 9.18 Å². The first-order valence-electron chi connectivity index (χ1n) is 5.08. The zero-order valence-electron chi connectivity index (χ0n) is 9.14. The predicted molar refractivity (Wildman–Crippen MR) is 69.3 cm³/mol. The zero-order chi connectivity index (χ0) is 12.3. The lowest BCUT2D eigenvalue weighted by Gasteiger charge is -2.06. The van der Waals surface area contributed by atoms with Crippen LogP contribution in [-0.4, -0.2) is 17.0 Å². The molecule has 2 aromatic rings. The number of carbonyl (C=O) groups is 1. The molecular weight excluding hydrogens is 257 g/mol. The number of rotatable bonds is 4. The van der Waals surface area contributed by atoms with E-state index in [-0.39, 0.29) is 5.82 Å². The van der Waals surface area contributed by atoms with E-state index in [0.29, 0.717) is 22.6 Å². The number of benzene rings is 1. The van der Waals surface area contributed by atoms with Crippen molar-refractivity contribution in [2.45, 2.75) is 11.8 Å². The molecule has 1 aromatic carbocycles. The van der Waals surface area contributed by atoms with Crippen molar-refractivity contribution in [1.82, 2.24) is 4.98 Å². The van der Waals surface area contributed by atoms with Gasteiger partial charge in [0.2, 0.25) is 0 Å². The summed E-state index contributed by atoms with van der Waals surface area (Å²) in [4.78, 5) is 15.6. The first-order chi connectivity index (χ1) is 8.26. The highest BCUT2D eigenvalue weighted by atomic mass is 32.2. The van der Waals surface area contributed by atoms with Gasteiger partial charge in [-0.3, -0.25) is 4.79 Å². The maximum Gasteiger partial charge on any atom is 0.169 e. The van der Waals surface area contributed by atoms with E-state index < -0.39 is 0 Å². The largest absolute Gasteiger partial charge is 0.296 e. The number of hydrogen-bond acceptors (Lipinski definition) is 4. The lowest BCUT2D eigenvalue weighted by Crippen LogP contribution is -1.88. The van der Waals surface area contributed by atoms with Crippen LogP contribution in [0.1, 0.15) is 17.4 Å². The van der Waals surface area contributed by atoms with Gasteiger partial charge in [0.05, 0.1) is 5.56 Å². The fourth-order valence-corrected chi connectivity index (χ4v) is 3.16. The summed E-state index contributed by atoms with van der Waals surface area (Å²) in [5.74, 6) is 0.567. The molecule has 2 rings (SSSR count). The number of hydrogen-bond donors (Lipinski definition) is 0. The van der Waals surface area contributed by atoms with Crippen molar-refractivity contribution in [3.05, 3.63) is 35.1 Å². The fourth-order valence-electron chi connectivity index (χ4n) is 1.44. The van der Waals surface area contributed by atoms with E-state index in [9.17, 15) is 9.18 Å². The number of aldehydes is 1. The van der Waals surface area contributed by atoms with Gasteiger partial charge in [-0.15, -0.1) is 23.1 Å². The van der Waals surface area contributed by atoms with Crippen LogP contribution < -0.4 is 0 Å². The Morgan fingerprint density at radius 1 is 1.53 bits per heavy atom. The molecule has 0 unspecified atom stereocenters. The van der Waals surface area contributed by atoms with E-state index in [1.165, 1.54) is 17.4 Å². The van der Waals surface area contributed by atoms with Crippen molar-refractivity contribution in [2.24, 2.45) is 0 Å².